The Balaban J connectivity index is 1.66. The lowest BCUT2D eigenvalue weighted by atomic mass is 10.0. The van der Waals surface area contributed by atoms with Crippen LogP contribution in [-0.4, -0.2) is 83.0 Å². The largest absolute Gasteiger partial charge is 0.497 e. The lowest BCUT2D eigenvalue weighted by Gasteiger charge is -2.32. The molecule has 1 aromatic heterocycles. The zero-order valence-corrected chi connectivity index (χ0v) is 28.4. The average molecular weight is 649 g/mol. The van der Waals surface area contributed by atoms with E-state index in [-0.39, 0.29) is 31.0 Å². The van der Waals surface area contributed by atoms with Gasteiger partial charge >= 0.3 is 12.1 Å². The van der Waals surface area contributed by atoms with Gasteiger partial charge in [-0.1, -0.05) is 57.5 Å². The number of alkyl carbamates (subject to hydrolysis) is 1. The number of benzene rings is 2. The maximum absolute atomic E-state index is 14.2. The molecule has 0 unspecified atom stereocenters. The molecular formula is C36H48N4O7. The second-order valence-electron chi connectivity index (χ2n) is 13.3. The van der Waals surface area contributed by atoms with Gasteiger partial charge in [-0.3, -0.25) is 9.59 Å². The summed E-state index contributed by atoms with van der Waals surface area (Å²) in [6.07, 6.45) is 0.523. The maximum Gasteiger partial charge on any atom is 0.408 e. The number of ether oxygens (including phenoxy) is 3. The van der Waals surface area contributed by atoms with Crippen molar-refractivity contribution in [2.24, 2.45) is 5.92 Å². The molecule has 11 nitrogen and oxygen atoms in total. The Hall–Kier alpha value is -4.38. The summed E-state index contributed by atoms with van der Waals surface area (Å²) in [5, 5.41) is 16.5. The number of carboxylic acids is 1. The second kappa shape index (κ2) is 15.5. The number of rotatable bonds is 13. The highest BCUT2D eigenvalue weighted by Crippen LogP contribution is 2.34. The predicted octanol–water partition coefficient (Wildman–Crippen LogP) is 5.65. The Labute approximate surface area is 277 Å². The van der Waals surface area contributed by atoms with Gasteiger partial charge in [0.05, 0.1) is 24.9 Å². The highest BCUT2D eigenvalue weighted by atomic mass is 16.6. The monoisotopic (exact) mass is 648 g/mol. The van der Waals surface area contributed by atoms with Crippen LogP contribution in [0, 0.1) is 5.92 Å². The van der Waals surface area contributed by atoms with E-state index in [0.29, 0.717) is 36.3 Å². The molecule has 3 aromatic rings. The molecule has 0 spiro atoms. The van der Waals surface area contributed by atoms with E-state index in [1.165, 1.54) is 0 Å². The van der Waals surface area contributed by atoms with Crippen LogP contribution in [0.15, 0.2) is 54.6 Å². The van der Waals surface area contributed by atoms with Gasteiger partial charge in [0.1, 0.15) is 35.3 Å². The van der Waals surface area contributed by atoms with Crippen molar-refractivity contribution in [1.29, 1.82) is 0 Å². The number of methoxy groups -OCH3 is 1. The van der Waals surface area contributed by atoms with Gasteiger partial charge in [0.2, 0.25) is 5.91 Å². The van der Waals surface area contributed by atoms with Crippen molar-refractivity contribution in [2.45, 2.75) is 90.6 Å². The lowest BCUT2D eigenvalue weighted by Crippen LogP contribution is -2.55. The van der Waals surface area contributed by atoms with Crippen LogP contribution in [0.5, 0.6) is 11.5 Å². The first-order chi connectivity index (χ1) is 22.3. The smallest absolute Gasteiger partial charge is 0.408 e. The molecule has 0 aliphatic carbocycles. The minimum Gasteiger partial charge on any atom is -0.497 e. The van der Waals surface area contributed by atoms with Crippen molar-refractivity contribution in [2.75, 3.05) is 20.2 Å². The van der Waals surface area contributed by atoms with Crippen molar-refractivity contribution in [3.8, 4) is 22.8 Å². The third-order valence-electron chi connectivity index (χ3n) is 8.08. The minimum absolute atomic E-state index is 0.233. The summed E-state index contributed by atoms with van der Waals surface area (Å²) < 4.78 is 17.6. The number of hydrogen-bond donors (Lipinski definition) is 3. The van der Waals surface area contributed by atoms with Crippen LogP contribution in [0.25, 0.3) is 22.2 Å². The lowest BCUT2D eigenvalue weighted by molar-refractivity contribution is -0.139. The molecule has 0 radical (unpaired) electrons. The molecule has 1 fully saturated rings. The number of aromatic nitrogens is 1. The first-order valence-electron chi connectivity index (χ1n) is 16.3. The number of nitrogens with zero attached hydrogens (tertiary/aromatic N) is 2. The van der Waals surface area contributed by atoms with Crippen molar-refractivity contribution >= 4 is 28.9 Å². The van der Waals surface area contributed by atoms with Gasteiger partial charge < -0.3 is 34.9 Å². The highest BCUT2D eigenvalue weighted by molar-refractivity contribution is 5.89. The fraction of sp³-hybridized carbons (Fsp3) is 0.500. The third kappa shape index (κ3) is 9.34. The van der Waals surface area contributed by atoms with E-state index < -0.39 is 35.9 Å². The minimum atomic E-state index is -0.936. The van der Waals surface area contributed by atoms with Crippen LogP contribution >= 0.6 is 0 Å². The zero-order valence-electron chi connectivity index (χ0n) is 28.4. The van der Waals surface area contributed by atoms with Gasteiger partial charge in [0.25, 0.3) is 0 Å². The molecule has 3 N–H and O–H groups in total. The van der Waals surface area contributed by atoms with Crippen LogP contribution in [0.1, 0.15) is 60.8 Å². The van der Waals surface area contributed by atoms with Crippen LogP contribution in [0.2, 0.25) is 0 Å². The number of aliphatic carboxylic acids is 1. The molecule has 254 valence electrons. The van der Waals surface area contributed by atoms with Crippen LogP contribution in [0.3, 0.4) is 0 Å². The molecule has 1 saturated heterocycles. The number of hydrogen-bond acceptors (Lipinski definition) is 8. The van der Waals surface area contributed by atoms with Gasteiger partial charge in [-0.2, -0.15) is 0 Å². The van der Waals surface area contributed by atoms with Crippen molar-refractivity contribution in [1.82, 2.24) is 20.5 Å². The fourth-order valence-electron chi connectivity index (χ4n) is 5.77. The number of likely N-dealkylation sites (tertiary alicyclic amines) is 1. The van der Waals surface area contributed by atoms with Gasteiger partial charge in [-0.15, -0.1) is 0 Å². The molecule has 2 aromatic carbocycles. The van der Waals surface area contributed by atoms with E-state index in [2.05, 4.69) is 10.6 Å². The summed E-state index contributed by atoms with van der Waals surface area (Å²) in [6, 6.07) is 15.4. The van der Waals surface area contributed by atoms with E-state index >= 15 is 0 Å². The summed E-state index contributed by atoms with van der Waals surface area (Å²) in [4.78, 5) is 45.4. The Morgan fingerprint density at radius 2 is 1.81 bits per heavy atom. The Morgan fingerprint density at radius 1 is 1.09 bits per heavy atom. The number of amides is 2. The van der Waals surface area contributed by atoms with Crippen molar-refractivity contribution < 1.29 is 33.7 Å². The quantitative estimate of drug-likeness (QED) is 0.215. The molecule has 2 heterocycles. The van der Waals surface area contributed by atoms with E-state index in [1.807, 2.05) is 75.4 Å². The molecule has 4 rings (SSSR count). The summed E-state index contributed by atoms with van der Waals surface area (Å²) >= 11 is 0. The molecule has 0 bridgehead atoms. The van der Waals surface area contributed by atoms with Crippen LogP contribution in [0.4, 0.5) is 4.79 Å². The summed E-state index contributed by atoms with van der Waals surface area (Å²) in [7, 11) is 1.61. The van der Waals surface area contributed by atoms with Gasteiger partial charge in [-0.05, 0) is 45.2 Å². The Kier molecular flexibility index (Phi) is 11.7. The molecule has 1 aliphatic rings. The summed E-state index contributed by atoms with van der Waals surface area (Å²) in [5.74, 6) is -0.163. The number of carbonyl (C=O) groups is 3. The Morgan fingerprint density at radius 3 is 2.43 bits per heavy atom. The number of carbonyl (C=O) groups excluding carboxylic acids is 2. The fourth-order valence-corrected chi connectivity index (χ4v) is 5.77. The molecule has 4 atom stereocenters. The predicted molar refractivity (Wildman–Crippen MR) is 181 cm³/mol. The number of pyridine rings is 1. The molecular weight excluding hydrogens is 600 g/mol. The van der Waals surface area contributed by atoms with Crippen molar-refractivity contribution in [3.05, 3.63) is 54.6 Å². The SMILES string of the molecule is CCC[C@H](NC[C@@H]1C[C@@H](Oc2cc(-c3ccccc3)nc3cc(OC)ccc23)CN1C(=O)[C@@H](NC(=O)OC(C)(C)C)C(C)C)C(=O)O. The molecule has 11 heteroatoms. The average Bonchev–Trinajstić information content (AvgIpc) is 3.42. The standard InChI is InChI=1S/C36H48N4O7/c1-8-12-28(34(42)43)37-20-24-17-26(21-40(24)33(41)32(22(2)3)39-35(44)47-36(4,5)6)46-31-19-29(23-13-10-9-11-14-23)38-30-18-25(45-7)15-16-27(30)31/h9-11,13-16,18-19,22,24,26,28,32,37H,8,12,17,20-21H2,1-7H3,(H,39,44)(H,42,43)/t24-,26+,28-,32-/m0/s1. The number of fused-ring (bicyclic) bond motifs is 1. The molecule has 47 heavy (non-hydrogen) atoms. The molecule has 0 saturated carbocycles. The van der Waals surface area contributed by atoms with E-state index in [0.717, 1.165) is 16.6 Å². The van der Waals surface area contributed by atoms with E-state index in [9.17, 15) is 19.5 Å². The normalized spacial score (nSPS) is 17.7. The zero-order chi connectivity index (χ0) is 34.3. The number of nitrogens with one attached hydrogen (secondary N) is 2. The molecule has 2 amide bonds. The second-order valence-corrected chi connectivity index (χ2v) is 13.3. The van der Waals surface area contributed by atoms with Crippen LogP contribution < -0.4 is 20.1 Å². The number of carboxylic acid groups (broad SMARTS) is 1. The third-order valence-corrected chi connectivity index (χ3v) is 8.08. The first kappa shape index (κ1) is 35.5. The van der Waals surface area contributed by atoms with Gasteiger partial charge in [0, 0.05) is 42.1 Å². The first-order valence-corrected chi connectivity index (χ1v) is 16.3. The van der Waals surface area contributed by atoms with Gasteiger partial charge in [-0.25, -0.2) is 9.78 Å². The topological polar surface area (TPSA) is 139 Å². The van der Waals surface area contributed by atoms with E-state index in [4.69, 9.17) is 19.2 Å². The van der Waals surface area contributed by atoms with Crippen molar-refractivity contribution in [3.63, 3.8) is 0 Å². The van der Waals surface area contributed by atoms with E-state index in [1.54, 1.807) is 32.8 Å². The Bertz CT molecular complexity index is 1540. The van der Waals surface area contributed by atoms with Crippen LogP contribution in [-0.2, 0) is 14.3 Å². The maximum atomic E-state index is 14.2. The molecule has 1 aliphatic heterocycles. The highest BCUT2D eigenvalue weighted by Gasteiger charge is 2.41. The summed E-state index contributed by atoms with van der Waals surface area (Å²) in [6.45, 7) is 11.4. The van der Waals surface area contributed by atoms with Gasteiger partial charge in [0.15, 0.2) is 0 Å². The summed E-state index contributed by atoms with van der Waals surface area (Å²) in [5.41, 5.74) is 1.64.